The average molecular weight is 448 g/mol. The minimum atomic E-state index is -1.06. The van der Waals surface area contributed by atoms with E-state index in [0.717, 1.165) is 5.56 Å². The minimum Gasteiger partial charge on any atom is -0.493 e. The van der Waals surface area contributed by atoms with E-state index in [-0.39, 0.29) is 18.0 Å². The second kappa shape index (κ2) is 9.53. The first-order chi connectivity index (χ1) is 13.3. The van der Waals surface area contributed by atoms with E-state index in [4.69, 9.17) is 20.5 Å². The van der Waals surface area contributed by atoms with Crippen LogP contribution in [0.25, 0.3) is 6.08 Å². The number of rotatable bonds is 6. The Morgan fingerprint density at radius 1 is 1.29 bits per heavy atom. The predicted molar refractivity (Wildman–Crippen MR) is 103 cm³/mol. The second-order valence-corrected chi connectivity index (χ2v) is 6.28. The summed E-state index contributed by atoms with van der Waals surface area (Å²) in [4.78, 5) is 22.6. The van der Waals surface area contributed by atoms with Crippen LogP contribution in [0.15, 0.2) is 46.4 Å². The van der Waals surface area contributed by atoms with Gasteiger partial charge in [-0.3, -0.25) is 10.1 Å². The summed E-state index contributed by atoms with van der Waals surface area (Å²) in [6, 6.07) is 9.67. The molecule has 0 atom stereocenters. The SMILES string of the molecule is COc1cc(/C=C(/C#N)C(=O)NC(N)=O)c(Br)cc1OCc1ccc(F)cc1. The molecule has 0 saturated heterocycles. The Labute approximate surface area is 168 Å². The van der Waals surface area contributed by atoms with Crippen LogP contribution < -0.4 is 20.5 Å². The standard InChI is InChI=1S/C19H15BrFN3O4/c1-27-16-7-12(6-13(9-22)18(25)24-19(23)26)15(20)8-17(16)28-10-11-2-4-14(21)5-3-11/h2-8H,10H2,1H3,(H3,23,24,25,26)/b13-6-. The molecule has 0 saturated carbocycles. The number of carbonyl (C=O) groups is 2. The fourth-order valence-electron chi connectivity index (χ4n) is 2.16. The third-order valence-corrected chi connectivity index (χ3v) is 4.18. The number of benzene rings is 2. The lowest BCUT2D eigenvalue weighted by Crippen LogP contribution is -2.35. The third-order valence-electron chi connectivity index (χ3n) is 3.49. The Morgan fingerprint density at radius 2 is 1.96 bits per heavy atom. The Balaban J connectivity index is 2.28. The molecule has 28 heavy (non-hydrogen) atoms. The fraction of sp³-hybridized carbons (Fsp3) is 0.105. The zero-order valence-electron chi connectivity index (χ0n) is 14.7. The number of nitriles is 1. The summed E-state index contributed by atoms with van der Waals surface area (Å²) in [6.07, 6.45) is 1.27. The molecule has 2 rings (SSSR count). The van der Waals surface area contributed by atoms with Crippen molar-refractivity contribution in [3.8, 4) is 17.6 Å². The molecule has 0 fully saturated rings. The van der Waals surface area contributed by atoms with Crippen LogP contribution in [0, 0.1) is 17.1 Å². The van der Waals surface area contributed by atoms with Crippen molar-refractivity contribution in [1.29, 1.82) is 5.26 Å². The number of hydrogen-bond donors (Lipinski definition) is 2. The number of halogens is 2. The van der Waals surface area contributed by atoms with Gasteiger partial charge in [0.05, 0.1) is 7.11 Å². The maximum Gasteiger partial charge on any atom is 0.319 e. The van der Waals surface area contributed by atoms with Gasteiger partial charge in [-0.05, 0) is 41.5 Å². The van der Waals surface area contributed by atoms with Crippen molar-refractivity contribution in [3.63, 3.8) is 0 Å². The zero-order valence-corrected chi connectivity index (χ0v) is 16.2. The lowest BCUT2D eigenvalue weighted by molar-refractivity contribution is -0.115. The van der Waals surface area contributed by atoms with E-state index < -0.39 is 11.9 Å². The summed E-state index contributed by atoms with van der Waals surface area (Å²) >= 11 is 3.34. The van der Waals surface area contributed by atoms with Gasteiger partial charge in [-0.15, -0.1) is 0 Å². The lowest BCUT2D eigenvalue weighted by Gasteiger charge is -2.13. The summed E-state index contributed by atoms with van der Waals surface area (Å²) in [5.41, 5.74) is 5.78. The largest absolute Gasteiger partial charge is 0.493 e. The number of primary amides is 1. The number of methoxy groups -OCH3 is 1. The first kappa shape index (κ1) is 20.9. The van der Waals surface area contributed by atoms with E-state index >= 15 is 0 Å². The number of urea groups is 1. The highest BCUT2D eigenvalue weighted by Gasteiger charge is 2.14. The van der Waals surface area contributed by atoms with Crippen LogP contribution in [0.4, 0.5) is 9.18 Å². The number of ether oxygens (including phenoxy) is 2. The molecule has 9 heteroatoms. The molecule has 0 radical (unpaired) electrons. The van der Waals surface area contributed by atoms with Gasteiger partial charge in [0, 0.05) is 4.47 Å². The van der Waals surface area contributed by atoms with Gasteiger partial charge in [-0.25, -0.2) is 9.18 Å². The van der Waals surface area contributed by atoms with Crippen molar-refractivity contribution in [2.24, 2.45) is 5.73 Å². The van der Waals surface area contributed by atoms with Crippen LogP contribution in [0.5, 0.6) is 11.5 Å². The van der Waals surface area contributed by atoms with Crippen LogP contribution in [0.3, 0.4) is 0 Å². The summed E-state index contributed by atoms with van der Waals surface area (Å²) in [7, 11) is 1.44. The van der Waals surface area contributed by atoms with Crippen molar-refractivity contribution in [3.05, 3.63) is 63.4 Å². The maximum atomic E-state index is 13.0. The summed E-state index contributed by atoms with van der Waals surface area (Å²) in [5, 5.41) is 11.0. The Kier molecular flexibility index (Phi) is 7.12. The van der Waals surface area contributed by atoms with Gasteiger partial charge in [-0.1, -0.05) is 28.1 Å². The topological polar surface area (TPSA) is 114 Å². The van der Waals surface area contributed by atoms with Crippen LogP contribution in [0.1, 0.15) is 11.1 Å². The molecule has 144 valence electrons. The Bertz CT molecular complexity index is 968. The highest BCUT2D eigenvalue weighted by atomic mass is 79.9. The average Bonchev–Trinajstić information content (AvgIpc) is 2.66. The first-order valence-corrected chi connectivity index (χ1v) is 8.60. The van der Waals surface area contributed by atoms with E-state index in [2.05, 4.69) is 15.9 Å². The van der Waals surface area contributed by atoms with Crippen molar-refractivity contribution < 1.29 is 23.5 Å². The normalized spacial score (nSPS) is 10.7. The number of amides is 3. The number of nitrogens with one attached hydrogen (secondary N) is 1. The Hall–Kier alpha value is -3.38. The monoisotopic (exact) mass is 447 g/mol. The molecule has 0 aliphatic heterocycles. The van der Waals surface area contributed by atoms with Crippen molar-refractivity contribution in [2.45, 2.75) is 6.61 Å². The van der Waals surface area contributed by atoms with Crippen LogP contribution in [0.2, 0.25) is 0 Å². The molecular formula is C19H15BrFN3O4. The molecule has 0 spiro atoms. The molecule has 0 aliphatic carbocycles. The molecule has 3 N–H and O–H groups in total. The maximum absolute atomic E-state index is 13.0. The van der Waals surface area contributed by atoms with Crippen LogP contribution >= 0.6 is 15.9 Å². The molecule has 0 unspecified atom stereocenters. The molecule has 2 aromatic rings. The van der Waals surface area contributed by atoms with E-state index in [9.17, 15) is 14.0 Å². The number of hydrogen-bond acceptors (Lipinski definition) is 5. The predicted octanol–water partition coefficient (Wildman–Crippen LogP) is 3.28. The van der Waals surface area contributed by atoms with Gasteiger partial charge >= 0.3 is 6.03 Å². The van der Waals surface area contributed by atoms with Crippen LogP contribution in [-0.4, -0.2) is 19.0 Å². The second-order valence-electron chi connectivity index (χ2n) is 5.43. The molecule has 0 bridgehead atoms. The molecule has 2 aromatic carbocycles. The first-order valence-electron chi connectivity index (χ1n) is 7.81. The van der Waals surface area contributed by atoms with Crippen molar-refractivity contribution in [1.82, 2.24) is 5.32 Å². The highest BCUT2D eigenvalue weighted by molar-refractivity contribution is 9.10. The molecule has 3 amide bonds. The van der Waals surface area contributed by atoms with E-state index in [0.29, 0.717) is 21.5 Å². The quantitative estimate of drug-likeness (QED) is 0.520. The highest BCUT2D eigenvalue weighted by Crippen LogP contribution is 2.35. The fourth-order valence-corrected chi connectivity index (χ4v) is 2.60. The van der Waals surface area contributed by atoms with E-state index in [1.165, 1.54) is 25.3 Å². The van der Waals surface area contributed by atoms with E-state index in [1.807, 2.05) is 5.32 Å². The zero-order chi connectivity index (χ0) is 20.7. The van der Waals surface area contributed by atoms with E-state index in [1.54, 1.807) is 30.3 Å². The molecule has 0 heterocycles. The van der Waals surface area contributed by atoms with Crippen molar-refractivity contribution in [2.75, 3.05) is 7.11 Å². The summed E-state index contributed by atoms with van der Waals surface area (Å²) in [6.45, 7) is 0.183. The number of nitrogens with two attached hydrogens (primary N) is 1. The minimum absolute atomic E-state index is 0.183. The molecule has 7 nitrogen and oxygen atoms in total. The van der Waals surface area contributed by atoms with Gasteiger partial charge in [-0.2, -0.15) is 5.26 Å². The van der Waals surface area contributed by atoms with Crippen molar-refractivity contribution >= 4 is 33.9 Å². The number of nitrogens with zero attached hydrogens (tertiary/aromatic N) is 1. The number of imide groups is 1. The summed E-state index contributed by atoms with van der Waals surface area (Å²) < 4.78 is 24.5. The van der Waals surface area contributed by atoms with Gasteiger partial charge in [0.1, 0.15) is 24.1 Å². The van der Waals surface area contributed by atoms with Gasteiger partial charge in [0.2, 0.25) is 0 Å². The third kappa shape index (κ3) is 5.56. The van der Waals surface area contributed by atoms with Gasteiger partial charge in [0.25, 0.3) is 5.91 Å². The number of carbonyl (C=O) groups excluding carboxylic acids is 2. The smallest absolute Gasteiger partial charge is 0.319 e. The summed E-state index contributed by atoms with van der Waals surface area (Å²) in [5.74, 6) is -0.508. The van der Waals surface area contributed by atoms with Crippen LogP contribution in [-0.2, 0) is 11.4 Å². The lowest BCUT2D eigenvalue weighted by atomic mass is 10.1. The Morgan fingerprint density at radius 3 is 2.54 bits per heavy atom. The molecule has 0 aromatic heterocycles. The van der Waals surface area contributed by atoms with Gasteiger partial charge < -0.3 is 15.2 Å². The molecular weight excluding hydrogens is 433 g/mol. The molecule has 0 aliphatic rings. The van der Waals surface area contributed by atoms with Gasteiger partial charge in [0.15, 0.2) is 11.5 Å².